The van der Waals surface area contributed by atoms with Crippen LogP contribution in [0.1, 0.15) is 5.69 Å². The summed E-state index contributed by atoms with van der Waals surface area (Å²) in [5, 5.41) is 3.52. The van der Waals surface area contributed by atoms with Gasteiger partial charge in [-0.05, 0) is 12.1 Å². The molecule has 102 valence electrons. The van der Waals surface area contributed by atoms with Crippen LogP contribution in [0.25, 0.3) is 11.3 Å². The van der Waals surface area contributed by atoms with E-state index in [9.17, 15) is 12.8 Å². The maximum atomic E-state index is 13.8. The van der Waals surface area contributed by atoms with Crippen LogP contribution in [0, 0.1) is 5.82 Å². The highest BCUT2D eigenvalue weighted by Crippen LogP contribution is 2.32. The van der Waals surface area contributed by atoms with Gasteiger partial charge in [-0.25, -0.2) is 12.8 Å². The molecule has 0 atom stereocenters. The predicted octanol–water partition coefficient (Wildman–Crippen LogP) is 3.86. The van der Waals surface area contributed by atoms with E-state index < -0.39 is 20.6 Å². The summed E-state index contributed by atoms with van der Waals surface area (Å²) in [7, 11) is 1.31. The van der Waals surface area contributed by atoms with Gasteiger partial charge in [0.15, 0.2) is 11.6 Å². The molecule has 0 saturated heterocycles. The molecule has 0 unspecified atom stereocenters. The van der Waals surface area contributed by atoms with Crippen molar-refractivity contribution in [3.05, 3.63) is 39.8 Å². The Kier molecular flexibility index (Phi) is 4.06. The van der Waals surface area contributed by atoms with Crippen molar-refractivity contribution < 1.29 is 17.3 Å². The van der Waals surface area contributed by atoms with E-state index in [1.54, 1.807) is 0 Å². The van der Waals surface area contributed by atoms with Crippen LogP contribution in [0.5, 0.6) is 0 Å². The molecule has 19 heavy (non-hydrogen) atoms. The Balaban J connectivity index is 2.44. The Morgan fingerprint density at radius 3 is 2.58 bits per heavy atom. The monoisotopic (exact) mass is 343 g/mol. The fourth-order valence-corrected chi connectivity index (χ4v) is 2.74. The Labute approximate surface area is 122 Å². The molecule has 9 heteroatoms. The molecule has 0 fully saturated rings. The van der Waals surface area contributed by atoms with Gasteiger partial charge in [-0.1, -0.05) is 28.4 Å². The number of halogens is 4. The van der Waals surface area contributed by atoms with Crippen molar-refractivity contribution in [1.82, 2.24) is 5.16 Å². The number of aromatic nitrogens is 1. The summed E-state index contributed by atoms with van der Waals surface area (Å²) < 4.78 is 40.4. The Morgan fingerprint density at radius 2 is 1.95 bits per heavy atom. The van der Waals surface area contributed by atoms with E-state index in [0.29, 0.717) is 0 Å². The summed E-state index contributed by atoms with van der Waals surface area (Å²) in [5.41, 5.74) is 0.0451. The molecule has 0 aliphatic rings. The Bertz CT molecular complexity index is 730. The molecule has 2 rings (SSSR count). The van der Waals surface area contributed by atoms with Gasteiger partial charge in [-0.3, -0.25) is 0 Å². The first-order chi connectivity index (χ1) is 8.76. The van der Waals surface area contributed by atoms with E-state index in [2.05, 4.69) is 5.16 Å². The van der Waals surface area contributed by atoms with Crippen LogP contribution in [0.4, 0.5) is 4.39 Å². The van der Waals surface area contributed by atoms with E-state index in [-0.39, 0.29) is 27.1 Å². The van der Waals surface area contributed by atoms with Crippen molar-refractivity contribution in [3.8, 4) is 11.3 Å². The van der Waals surface area contributed by atoms with Crippen LogP contribution >= 0.6 is 33.9 Å². The SMILES string of the molecule is O=S(=O)(Cl)Cc1cc(-c2cc(Cl)cc(Cl)c2F)on1. The van der Waals surface area contributed by atoms with E-state index in [1.165, 1.54) is 18.2 Å². The van der Waals surface area contributed by atoms with E-state index in [1.807, 2.05) is 0 Å². The van der Waals surface area contributed by atoms with Crippen LogP contribution in [0.2, 0.25) is 10.0 Å². The second-order valence-electron chi connectivity index (χ2n) is 3.61. The van der Waals surface area contributed by atoms with Gasteiger partial charge in [-0.15, -0.1) is 0 Å². The quantitative estimate of drug-likeness (QED) is 0.626. The molecule has 1 heterocycles. The maximum absolute atomic E-state index is 13.8. The molecule has 0 amide bonds. The van der Waals surface area contributed by atoms with Crippen molar-refractivity contribution >= 4 is 42.9 Å². The van der Waals surface area contributed by atoms with Crippen LogP contribution < -0.4 is 0 Å². The molecule has 1 aromatic carbocycles. The zero-order chi connectivity index (χ0) is 14.2. The number of hydrogen-bond donors (Lipinski definition) is 0. The molecule has 0 bridgehead atoms. The molecule has 0 aliphatic carbocycles. The lowest BCUT2D eigenvalue weighted by molar-refractivity contribution is 0.423. The molecule has 0 radical (unpaired) electrons. The second kappa shape index (κ2) is 5.28. The standard InChI is InChI=1S/C10H5Cl3FNO3S/c11-5-1-7(10(14)8(12)2-5)9-3-6(15-18-9)4-19(13,16)17/h1-3H,4H2. The van der Waals surface area contributed by atoms with Crippen LogP contribution in [-0.4, -0.2) is 13.6 Å². The summed E-state index contributed by atoms with van der Waals surface area (Å²) in [6.45, 7) is 0. The van der Waals surface area contributed by atoms with E-state index in [4.69, 9.17) is 38.4 Å². The summed E-state index contributed by atoms with van der Waals surface area (Å²) in [6, 6.07) is 3.79. The van der Waals surface area contributed by atoms with Gasteiger partial charge in [0.25, 0.3) is 0 Å². The normalized spacial score (nSPS) is 11.8. The Hall–Kier alpha value is -0.820. The van der Waals surface area contributed by atoms with Gasteiger partial charge in [-0.2, -0.15) is 0 Å². The predicted molar refractivity (Wildman–Crippen MR) is 70.4 cm³/mol. The summed E-state index contributed by atoms with van der Waals surface area (Å²) in [4.78, 5) is 0. The van der Waals surface area contributed by atoms with Crippen molar-refractivity contribution in [2.24, 2.45) is 0 Å². The third-order valence-electron chi connectivity index (χ3n) is 2.14. The highest BCUT2D eigenvalue weighted by atomic mass is 35.7. The van der Waals surface area contributed by atoms with Crippen LogP contribution in [-0.2, 0) is 14.8 Å². The number of benzene rings is 1. The van der Waals surface area contributed by atoms with Crippen molar-refractivity contribution in [2.75, 3.05) is 0 Å². The van der Waals surface area contributed by atoms with Gasteiger partial charge >= 0.3 is 0 Å². The summed E-state index contributed by atoms with van der Waals surface area (Å²) >= 11 is 11.4. The van der Waals surface area contributed by atoms with Gasteiger partial charge in [0.2, 0.25) is 9.05 Å². The van der Waals surface area contributed by atoms with Crippen LogP contribution in [0.15, 0.2) is 22.7 Å². The third-order valence-corrected chi connectivity index (χ3v) is 3.60. The van der Waals surface area contributed by atoms with Gasteiger partial charge in [0.1, 0.15) is 11.4 Å². The molecule has 0 N–H and O–H groups in total. The fraction of sp³-hybridized carbons (Fsp3) is 0.100. The zero-order valence-electron chi connectivity index (χ0n) is 9.03. The smallest absolute Gasteiger partial charge is 0.238 e. The van der Waals surface area contributed by atoms with Crippen molar-refractivity contribution in [3.63, 3.8) is 0 Å². The van der Waals surface area contributed by atoms with Gasteiger partial charge in [0.05, 0.1) is 10.6 Å². The molecule has 1 aromatic heterocycles. The summed E-state index contributed by atoms with van der Waals surface area (Å²) in [6.07, 6.45) is 0. The third kappa shape index (κ3) is 3.60. The first-order valence-corrected chi connectivity index (χ1v) is 8.02. The average molecular weight is 345 g/mol. The largest absolute Gasteiger partial charge is 0.356 e. The minimum absolute atomic E-state index is 0.0109. The first-order valence-electron chi connectivity index (χ1n) is 4.79. The lowest BCUT2D eigenvalue weighted by Crippen LogP contribution is -1.94. The molecular formula is C10H5Cl3FNO3S. The molecule has 0 spiro atoms. The fourth-order valence-electron chi connectivity index (χ4n) is 1.42. The molecule has 4 nitrogen and oxygen atoms in total. The molecular weight excluding hydrogens is 340 g/mol. The molecule has 2 aromatic rings. The zero-order valence-corrected chi connectivity index (χ0v) is 12.1. The van der Waals surface area contributed by atoms with Gasteiger partial charge in [0, 0.05) is 21.8 Å². The Morgan fingerprint density at radius 1 is 1.26 bits per heavy atom. The topological polar surface area (TPSA) is 60.2 Å². The van der Waals surface area contributed by atoms with Crippen LogP contribution in [0.3, 0.4) is 0 Å². The molecule has 0 aliphatic heterocycles. The lowest BCUT2D eigenvalue weighted by Gasteiger charge is -2.01. The second-order valence-corrected chi connectivity index (χ2v) is 7.24. The highest BCUT2D eigenvalue weighted by Gasteiger charge is 2.17. The number of hydrogen-bond acceptors (Lipinski definition) is 4. The minimum atomic E-state index is -3.77. The number of rotatable bonds is 3. The highest BCUT2D eigenvalue weighted by molar-refractivity contribution is 8.13. The average Bonchev–Trinajstić information content (AvgIpc) is 2.69. The van der Waals surface area contributed by atoms with Crippen molar-refractivity contribution in [1.29, 1.82) is 0 Å². The number of nitrogens with zero attached hydrogens (tertiary/aromatic N) is 1. The van der Waals surface area contributed by atoms with Crippen molar-refractivity contribution in [2.45, 2.75) is 5.75 Å². The van der Waals surface area contributed by atoms with Gasteiger partial charge < -0.3 is 4.52 Å². The van der Waals surface area contributed by atoms with E-state index >= 15 is 0 Å². The van der Waals surface area contributed by atoms with E-state index in [0.717, 1.165) is 0 Å². The first kappa shape index (κ1) is 14.6. The molecule has 0 saturated carbocycles. The lowest BCUT2D eigenvalue weighted by atomic mass is 10.1. The summed E-state index contributed by atoms with van der Waals surface area (Å²) in [5.74, 6) is -1.24. The minimum Gasteiger partial charge on any atom is -0.356 e. The maximum Gasteiger partial charge on any atom is 0.238 e.